The lowest BCUT2D eigenvalue weighted by molar-refractivity contribution is 0.0742. The molecule has 1 aromatic heterocycles. The minimum Gasteiger partial charge on any atom is -0.459 e. The number of nitrogens with zero attached hydrogens (tertiary/aromatic N) is 1. The summed E-state index contributed by atoms with van der Waals surface area (Å²) in [5.74, 6) is 0.419. The van der Waals surface area contributed by atoms with Crippen molar-refractivity contribution in [3.8, 4) is 0 Å². The van der Waals surface area contributed by atoms with Gasteiger partial charge in [-0.3, -0.25) is 4.79 Å². The van der Waals surface area contributed by atoms with Gasteiger partial charge in [0.05, 0.1) is 6.26 Å². The first-order valence-electron chi connectivity index (χ1n) is 4.60. The third-order valence-corrected chi connectivity index (χ3v) is 2.43. The molecule has 14 heavy (non-hydrogen) atoms. The summed E-state index contributed by atoms with van der Waals surface area (Å²) in [6, 6.07) is 1.80. The maximum Gasteiger partial charge on any atom is 0.289 e. The molecule has 4 heteroatoms. The van der Waals surface area contributed by atoms with Gasteiger partial charge in [0.2, 0.25) is 0 Å². The van der Waals surface area contributed by atoms with Crippen LogP contribution in [0.1, 0.15) is 23.0 Å². The van der Waals surface area contributed by atoms with Gasteiger partial charge in [0.15, 0.2) is 5.76 Å². The first-order valence-corrected chi connectivity index (χ1v) is 5.72. The molecule has 0 bridgehead atoms. The Bertz CT molecular complexity index is 309. The standard InChI is InChI=1S/C10H14BrNO2/c1-3-12(6-5-11)10(13)9-8(2)4-7-14-9/h4,7H,3,5-6H2,1-2H3. The van der Waals surface area contributed by atoms with Gasteiger partial charge < -0.3 is 9.32 Å². The van der Waals surface area contributed by atoms with Crippen LogP contribution < -0.4 is 0 Å². The van der Waals surface area contributed by atoms with Crippen LogP contribution in [0.3, 0.4) is 0 Å². The molecule has 0 saturated carbocycles. The van der Waals surface area contributed by atoms with E-state index < -0.39 is 0 Å². The van der Waals surface area contributed by atoms with Gasteiger partial charge in [-0.05, 0) is 19.9 Å². The number of rotatable bonds is 4. The van der Waals surface area contributed by atoms with Gasteiger partial charge in [0.25, 0.3) is 5.91 Å². The van der Waals surface area contributed by atoms with E-state index in [4.69, 9.17) is 4.42 Å². The van der Waals surface area contributed by atoms with E-state index in [9.17, 15) is 4.79 Å². The Balaban J connectivity index is 2.78. The molecular weight excluding hydrogens is 246 g/mol. The minimum atomic E-state index is -0.0329. The number of halogens is 1. The van der Waals surface area contributed by atoms with Gasteiger partial charge in [-0.1, -0.05) is 15.9 Å². The van der Waals surface area contributed by atoms with Crippen molar-refractivity contribution >= 4 is 21.8 Å². The quantitative estimate of drug-likeness (QED) is 0.779. The van der Waals surface area contributed by atoms with Crippen molar-refractivity contribution in [3.63, 3.8) is 0 Å². The highest BCUT2D eigenvalue weighted by molar-refractivity contribution is 9.09. The molecule has 1 aromatic rings. The van der Waals surface area contributed by atoms with Gasteiger partial charge in [-0.25, -0.2) is 0 Å². The lowest BCUT2D eigenvalue weighted by Gasteiger charge is -2.18. The highest BCUT2D eigenvalue weighted by Gasteiger charge is 2.18. The summed E-state index contributed by atoms with van der Waals surface area (Å²) in [7, 11) is 0. The van der Waals surface area contributed by atoms with Crippen molar-refractivity contribution in [1.82, 2.24) is 4.90 Å². The van der Waals surface area contributed by atoms with Crippen LogP contribution in [0.25, 0.3) is 0 Å². The molecule has 1 rings (SSSR count). The van der Waals surface area contributed by atoms with Crippen LogP contribution in [-0.2, 0) is 0 Å². The minimum absolute atomic E-state index is 0.0329. The monoisotopic (exact) mass is 259 g/mol. The average molecular weight is 260 g/mol. The summed E-state index contributed by atoms with van der Waals surface area (Å²) in [6.45, 7) is 5.23. The van der Waals surface area contributed by atoms with E-state index in [1.54, 1.807) is 17.2 Å². The lowest BCUT2D eigenvalue weighted by Crippen LogP contribution is -2.32. The van der Waals surface area contributed by atoms with Crippen LogP contribution in [0, 0.1) is 6.92 Å². The number of hydrogen-bond donors (Lipinski definition) is 0. The topological polar surface area (TPSA) is 33.5 Å². The zero-order valence-electron chi connectivity index (χ0n) is 8.42. The van der Waals surface area contributed by atoms with Gasteiger partial charge >= 0.3 is 0 Å². The number of hydrogen-bond acceptors (Lipinski definition) is 2. The molecule has 0 aromatic carbocycles. The van der Waals surface area contributed by atoms with E-state index in [0.29, 0.717) is 18.8 Å². The average Bonchev–Trinajstić information content (AvgIpc) is 2.59. The molecule has 0 spiro atoms. The van der Waals surface area contributed by atoms with E-state index in [2.05, 4.69) is 15.9 Å². The van der Waals surface area contributed by atoms with Crippen molar-refractivity contribution in [2.24, 2.45) is 0 Å². The maximum absolute atomic E-state index is 11.9. The zero-order valence-corrected chi connectivity index (χ0v) is 10.0. The summed E-state index contributed by atoms with van der Waals surface area (Å²) in [6.07, 6.45) is 1.55. The summed E-state index contributed by atoms with van der Waals surface area (Å²) < 4.78 is 5.15. The second-order valence-electron chi connectivity index (χ2n) is 3.01. The second-order valence-corrected chi connectivity index (χ2v) is 3.80. The van der Waals surface area contributed by atoms with Gasteiger partial charge in [-0.2, -0.15) is 0 Å². The Labute approximate surface area is 92.2 Å². The molecule has 0 unspecified atom stereocenters. The maximum atomic E-state index is 11.9. The summed E-state index contributed by atoms with van der Waals surface area (Å²) in [5.41, 5.74) is 0.892. The number of carbonyl (C=O) groups excluding carboxylic acids is 1. The van der Waals surface area contributed by atoms with Crippen molar-refractivity contribution in [3.05, 3.63) is 23.7 Å². The van der Waals surface area contributed by atoms with E-state index in [1.165, 1.54) is 0 Å². The molecule has 0 aliphatic rings. The molecule has 3 nitrogen and oxygen atoms in total. The van der Waals surface area contributed by atoms with Gasteiger partial charge in [0.1, 0.15) is 0 Å². The van der Waals surface area contributed by atoms with E-state index in [0.717, 1.165) is 10.9 Å². The molecular formula is C10H14BrNO2. The van der Waals surface area contributed by atoms with Crippen LogP contribution in [0.2, 0.25) is 0 Å². The Morgan fingerprint density at radius 1 is 1.64 bits per heavy atom. The molecule has 0 fully saturated rings. The van der Waals surface area contributed by atoms with Crippen molar-refractivity contribution in [2.75, 3.05) is 18.4 Å². The lowest BCUT2D eigenvalue weighted by atomic mass is 10.2. The Morgan fingerprint density at radius 2 is 2.36 bits per heavy atom. The smallest absolute Gasteiger partial charge is 0.289 e. The summed E-state index contributed by atoms with van der Waals surface area (Å²) in [5, 5.41) is 0.784. The van der Waals surface area contributed by atoms with Gasteiger partial charge in [-0.15, -0.1) is 0 Å². The second kappa shape index (κ2) is 5.20. The van der Waals surface area contributed by atoms with E-state index in [-0.39, 0.29) is 5.91 Å². The first-order chi connectivity index (χ1) is 6.70. The van der Waals surface area contributed by atoms with Crippen LogP contribution in [0.5, 0.6) is 0 Å². The number of alkyl halides is 1. The fourth-order valence-electron chi connectivity index (χ4n) is 1.24. The largest absolute Gasteiger partial charge is 0.459 e. The highest BCUT2D eigenvalue weighted by Crippen LogP contribution is 2.11. The number of furan rings is 1. The molecule has 0 aliphatic heterocycles. The van der Waals surface area contributed by atoms with Crippen molar-refractivity contribution < 1.29 is 9.21 Å². The molecule has 1 heterocycles. The zero-order chi connectivity index (χ0) is 10.6. The Hall–Kier alpha value is -0.770. The van der Waals surface area contributed by atoms with E-state index in [1.807, 2.05) is 13.8 Å². The molecule has 0 atom stereocenters. The molecule has 78 valence electrons. The normalized spacial score (nSPS) is 10.2. The molecule has 0 radical (unpaired) electrons. The fraction of sp³-hybridized carbons (Fsp3) is 0.500. The fourth-order valence-corrected chi connectivity index (χ4v) is 1.67. The summed E-state index contributed by atoms with van der Waals surface area (Å²) >= 11 is 3.32. The van der Waals surface area contributed by atoms with Crippen molar-refractivity contribution in [1.29, 1.82) is 0 Å². The van der Waals surface area contributed by atoms with Gasteiger partial charge in [0, 0.05) is 24.0 Å². The third-order valence-electron chi connectivity index (χ3n) is 2.08. The number of carbonyl (C=O) groups is 1. The Morgan fingerprint density at radius 3 is 2.79 bits per heavy atom. The predicted molar refractivity (Wildman–Crippen MR) is 58.8 cm³/mol. The SMILES string of the molecule is CCN(CCBr)C(=O)c1occc1C. The molecule has 1 amide bonds. The van der Waals surface area contributed by atoms with Crippen LogP contribution >= 0.6 is 15.9 Å². The van der Waals surface area contributed by atoms with E-state index >= 15 is 0 Å². The molecule has 0 N–H and O–H groups in total. The van der Waals surface area contributed by atoms with Crippen molar-refractivity contribution in [2.45, 2.75) is 13.8 Å². The number of aryl methyl sites for hydroxylation is 1. The first kappa shape index (κ1) is 11.3. The molecule has 0 saturated heterocycles. The molecule has 0 aliphatic carbocycles. The van der Waals surface area contributed by atoms with Crippen LogP contribution in [0.4, 0.5) is 0 Å². The Kier molecular flexibility index (Phi) is 4.20. The third kappa shape index (κ3) is 2.38. The number of amides is 1. The predicted octanol–water partition coefficient (Wildman–Crippen LogP) is 2.45. The van der Waals surface area contributed by atoms with Crippen LogP contribution in [0.15, 0.2) is 16.7 Å². The van der Waals surface area contributed by atoms with Crippen LogP contribution in [-0.4, -0.2) is 29.2 Å². The highest BCUT2D eigenvalue weighted by atomic mass is 79.9. The summed E-state index contributed by atoms with van der Waals surface area (Å²) in [4.78, 5) is 13.6.